The van der Waals surface area contributed by atoms with Crippen molar-refractivity contribution in [3.05, 3.63) is 18.0 Å². The lowest BCUT2D eigenvalue weighted by Gasteiger charge is -2.02. The van der Waals surface area contributed by atoms with E-state index in [0.717, 1.165) is 38.5 Å². The summed E-state index contributed by atoms with van der Waals surface area (Å²) < 4.78 is 10.2. The molecule has 4 nitrogen and oxygen atoms in total. The van der Waals surface area contributed by atoms with Crippen molar-refractivity contribution in [2.24, 2.45) is 0 Å². The van der Waals surface area contributed by atoms with Gasteiger partial charge >= 0.3 is 0 Å². The quantitative estimate of drug-likeness (QED) is 0.647. The first kappa shape index (κ1) is 10.2. The number of nitrogens with one attached hydrogen (secondary N) is 1. The lowest BCUT2D eigenvalue weighted by Crippen LogP contribution is -2.19. The van der Waals surface area contributed by atoms with Gasteiger partial charge in [-0.2, -0.15) is 0 Å². The molecule has 0 unspecified atom stereocenters. The third kappa shape index (κ3) is 4.65. The molecule has 0 saturated heterocycles. The zero-order chi connectivity index (χ0) is 9.36. The van der Waals surface area contributed by atoms with E-state index >= 15 is 0 Å². The van der Waals surface area contributed by atoms with E-state index in [1.807, 2.05) is 6.07 Å². The van der Waals surface area contributed by atoms with Crippen LogP contribution in [0, 0.1) is 0 Å². The standard InChI is InChI=1S/C9H16N2O2/c1-2-6-12-7-5-10-8-9-3-4-11-13-9/h3-4,10H,2,5-8H2,1H3. The SMILES string of the molecule is CCCOCCNCc1ccno1. The summed E-state index contributed by atoms with van der Waals surface area (Å²) in [5.74, 6) is 0.857. The van der Waals surface area contributed by atoms with E-state index in [-0.39, 0.29) is 0 Å². The Labute approximate surface area is 78.2 Å². The number of hydrogen-bond donors (Lipinski definition) is 1. The molecule has 13 heavy (non-hydrogen) atoms. The zero-order valence-electron chi connectivity index (χ0n) is 7.95. The lowest BCUT2D eigenvalue weighted by molar-refractivity contribution is 0.136. The highest BCUT2D eigenvalue weighted by Crippen LogP contribution is 1.94. The summed E-state index contributed by atoms with van der Waals surface area (Å²) in [4.78, 5) is 0. The maximum Gasteiger partial charge on any atom is 0.150 e. The first-order chi connectivity index (χ1) is 6.43. The van der Waals surface area contributed by atoms with Crippen LogP contribution in [0.1, 0.15) is 19.1 Å². The summed E-state index contributed by atoms with van der Waals surface area (Å²) in [6.45, 7) is 5.25. The van der Waals surface area contributed by atoms with E-state index in [9.17, 15) is 0 Å². The summed E-state index contributed by atoms with van der Waals surface area (Å²) in [5, 5.41) is 6.79. The molecule has 0 aliphatic heterocycles. The summed E-state index contributed by atoms with van der Waals surface area (Å²) in [5.41, 5.74) is 0. The molecule has 1 aromatic heterocycles. The Bertz CT molecular complexity index is 199. The summed E-state index contributed by atoms with van der Waals surface area (Å²) in [7, 11) is 0. The molecule has 1 N–H and O–H groups in total. The van der Waals surface area contributed by atoms with E-state index in [1.165, 1.54) is 0 Å². The van der Waals surface area contributed by atoms with Crippen LogP contribution in [0.3, 0.4) is 0 Å². The molecule has 0 aliphatic carbocycles. The van der Waals surface area contributed by atoms with Crippen molar-refractivity contribution in [1.82, 2.24) is 10.5 Å². The van der Waals surface area contributed by atoms with E-state index in [0.29, 0.717) is 0 Å². The Kier molecular flexibility index (Phi) is 5.20. The minimum Gasteiger partial charge on any atom is -0.380 e. The fourth-order valence-corrected chi connectivity index (χ4v) is 0.936. The third-order valence-electron chi connectivity index (χ3n) is 1.56. The van der Waals surface area contributed by atoms with Crippen LogP contribution < -0.4 is 5.32 Å². The van der Waals surface area contributed by atoms with Crippen molar-refractivity contribution in [2.75, 3.05) is 19.8 Å². The Morgan fingerprint density at radius 2 is 2.46 bits per heavy atom. The molecule has 0 radical (unpaired) electrons. The minimum atomic E-state index is 0.718. The average Bonchev–Trinajstić information content (AvgIpc) is 2.63. The smallest absolute Gasteiger partial charge is 0.150 e. The molecule has 0 fully saturated rings. The van der Waals surface area contributed by atoms with E-state index in [2.05, 4.69) is 17.4 Å². The third-order valence-corrected chi connectivity index (χ3v) is 1.56. The van der Waals surface area contributed by atoms with Gasteiger partial charge in [0.25, 0.3) is 0 Å². The summed E-state index contributed by atoms with van der Waals surface area (Å²) in [6, 6.07) is 1.85. The van der Waals surface area contributed by atoms with Crippen molar-refractivity contribution in [3.63, 3.8) is 0 Å². The van der Waals surface area contributed by atoms with Crippen LogP contribution >= 0.6 is 0 Å². The van der Waals surface area contributed by atoms with Crippen molar-refractivity contribution >= 4 is 0 Å². The molecular formula is C9H16N2O2. The van der Waals surface area contributed by atoms with E-state index in [4.69, 9.17) is 9.26 Å². The van der Waals surface area contributed by atoms with Gasteiger partial charge in [0.05, 0.1) is 19.3 Å². The first-order valence-electron chi connectivity index (χ1n) is 4.61. The lowest BCUT2D eigenvalue weighted by atomic mass is 10.4. The van der Waals surface area contributed by atoms with Crippen LogP contribution in [0.2, 0.25) is 0 Å². The van der Waals surface area contributed by atoms with Crippen molar-refractivity contribution in [3.8, 4) is 0 Å². The van der Waals surface area contributed by atoms with Crippen LogP contribution in [0.5, 0.6) is 0 Å². The van der Waals surface area contributed by atoms with Gasteiger partial charge in [-0.3, -0.25) is 0 Å². The Morgan fingerprint density at radius 1 is 1.54 bits per heavy atom. The van der Waals surface area contributed by atoms with Crippen molar-refractivity contribution in [2.45, 2.75) is 19.9 Å². The molecule has 1 aromatic rings. The number of rotatable bonds is 7. The molecule has 0 bridgehead atoms. The number of nitrogens with zero attached hydrogens (tertiary/aromatic N) is 1. The number of hydrogen-bond acceptors (Lipinski definition) is 4. The molecule has 0 saturated carbocycles. The molecule has 74 valence electrons. The second kappa shape index (κ2) is 6.62. The molecule has 4 heteroatoms. The fraction of sp³-hybridized carbons (Fsp3) is 0.667. The maximum absolute atomic E-state index is 5.29. The molecule has 0 spiro atoms. The second-order valence-electron chi connectivity index (χ2n) is 2.77. The van der Waals surface area contributed by atoms with Crippen LogP contribution in [-0.2, 0) is 11.3 Å². The van der Waals surface area contributed by atoms with Gasteiger partial charge < -0.3 is 14.6 Å². The average molecular weight is 184 g/mol. The van der Waals surface area contributed by atoms with Gasteiger partial charge in [-0.05, 0) is 6.42 Å². The Balaban J connectivity index is 1.90. The van der Waals surface area contributed by atoms with Crippen LogP contribution in [0.25, 0.3) is 0 Å². The molecule has 0 atom stereocenters. The number of ether oxygens (including phenoxy) is 1. The summed E-state index contributed by atoms with van der Waals surface area (Å²) >= 11 is 0. The van der Waals surface area contributed by atoms with Crippen LogP contribution in [-0.4, -0.2) is 24.9 Å². The molecule has 1 rings (SSSR count). The minimum absolute atomic E-state index is 0.718. The van der Waals surface area contributed by atoms with Gasteiger partial charge in [-0.1, -0.05) is 12.1 Å². The van der Waals surface area contributed by atoms with Crippen LogP contribution in [0.15, 0.2) is 16.8 Å². The highest BCUT2D eigenvalue weighted by atomic mass is 16.5. The van der Waals surface area contributed by atoms with Crippen LogP contribution in [0.4, 0.5) is 0 Å². The van der Waals surface area contributed by atoms with Gasteiger partial charge in [0.15, 0.2) is 0 Å². The second-order valence-corrected chi connectivity index (χ2v) is 2.77. The molecule has 0 aromatic carbocycles. The fourth-order valence-electron chi connectivity index (χ4n) is 0.936. The van der Waals surface area contributed by atoms with Crippen molar-refractivity contribution in [1.29, 1.82) is 0 Å². The topological polar surface area (TPSA) is 47.3 Å². The van der Waals surface area contributed by atoms with Crippen molar-refractivity contribution < 1.29 is 9.26 Å². The van der Waals surface area contributed by atoms with Gasteiger partial charge in [0.1, 0.15) is 5.76 Å². The molecule has 0 aliphatic rings. The van der Waals surface area contributed by atoms with Gasteiger partial charge in [0, 0.05) is 19.2 Å². The van der Waals surface area contributed by atoms with E-state index in [1.54, 1.807) is 6.20 Å². The highest BCUT2D eigenvalue weighted by molar-refractivity contribution is 4.91. The predicted octanol–water partition coefficient (Wildman–Crippen LogP) is 1.19. The largest absolute Gasteiger partial charge is 0.380 e. The maximum atomic E-state index is 5.29. The monoisotopic (exact) mass is 184 g/mol. The van der Waals surface area contributed by atoms with Gasteiger partial charge in [-0.25, -0.2) is 0 Å². The molecule has 1 heterocycles. The normalized spacial score (nSPS) is 10.5. The Hall–Kier alpha value is -0.870. The van der Waals surface area contributed by atoms with E-state index < -0.39 is 0 Å². The van der Waals surface area contributed by atoms with Gasteiger partial charge in [0.2, 0.25) is 0 Å². The molecule has 0 amide bonds. The molecular weight excluding hydrogens is 168 g/mol. The highest BCUT2D eigenvalue weighted by Gasteiger charge is 1.94. The first-order valence-corrected chi connectivity index (χ1v) is 4.61. The summed E-state index contributed by atoms with van der Waals surface area (Å²) in [6.07, 6.45) is 2.71. The van der Waals surface area contributed by atoms with Gasteiger partial charge in [-0.15, -0.1) is 0 Å². The number of aromatic nitrogens is 1. The Morgan fingerprint density at radius 3 is 3.15 bits per heavy atom. The zero-order valence-corrected chi connectivity index (χ0v) is 7.95. The predicted molar refractivity (Wildman–Crippen MR) is 49.3 cm³/mol.